The summed E-state index contributed by atoms with van der Waals surface area (Å²) in [5, 5.41) is 15.2. The molecule has 0 unspecified atom stereocenters. The van der Waals surface area contributed by atoms with Gasteiger partial charge < -0.3 is 11.2 Å². The van der Waals surface area contributed by atoms with Crippen LogP contribution >= 0.6 is 11.8 Å². The van der Waals surface area contributed by atoms with Crippen LogP contribution in [-0.2, 0) is 4.79 Å². The van der Waals surface area contributed by atoms with Crippen LogP contribution in [0.2, 0.25) is 0 Å². The molecule has 110 valence electrons. The predicted molar refractivity (Wildman–Crippen MR) is 79.3 cm³/mol. The molecule has 0 aliphatic rings. The average Bonchev–Trinajstić information content (AvgIpc) is 2.96. The standard InChI is InChI=1S/C12H15N7OS/c1-4-5-14-10(20)7-21-12-16-15-11(18(12)13)19-9(3)6-8(2)17-19/h1,6H,5,7,13H2,2-3H3,(H,14,20). The van der Waals surface area contributed by atoms with Crippen LogP contribution in [0.5, 0.6) is 0 Å². The van der Waals surface area contributed by atoms with Gasteiger partial charge in [-0.25, -0.2) is 9.36 Å². The zero-order valence-corrected chi connectivity index (χ0v) is 12.5. The summed E-state index contributed by atoms with van der Waals surface area (Å²) in [5.41, 5.74) is 1.76. The maximum absolute atomic E-state index is 11.5. The Balaban J connectivity index is 2.09. The lowest BCUT2D eigenvalue weighted by atomic mass is 10.4. The molecule has 8 nitrogen and oxygen atoms in total. The van der Waals surface area contributed by atoms with Gasteiger partial charge in [-0.15, -0.1) is 16.6 Å². The molecule has 0 aliphatic heterocycles. The van der Waals surface area contributed by atoms with Crippen LogP contribution in [0.15, 0.2) is 11.2 Å². The number of carbonyl (C=O) groups excluding carboxylic acids is 1. The Morgan fingerprint density at radius 3 is 2.90 bits per heavy atom. The summed E-state index contributed by atoms with van der Waals surface area (Å²) in [6.07, 6.45) is 5.06. The second-order valence-electron chi connectivity index (χ2n) is 4.26. The lowest BCUT2D eigenvalue weighted by Crippen LogP contribution is -2.25. The molecule has 0 bridgehead atoms. The van der Waals surface area contributed by atoms with Crippen molar-refractivity contribution in [1.29, 1.82) is 0 Å². The van der Waals surface area contributed by atoms with Gasteiger partial charge in [0.25, 0.3) is 5.95 Å². The van der Waals surface area contributed by atoms with Crippen LogP contribution in [0.3, 0.4) is 0 Å². The lowest BCUT2D eigenvalue weighted by molar-refractivity contribution is -0.118. The summed E-state index contributed by atoms with van der Waals surface area (Å²) >= 11 is 1.18. The zero-order chi connectivity index (χ0) is 15.4. The first-order chi connectivity index (χ1) is 10.0. The average molecular weight is 305 g/mol. The number of hydrogen-bond acceptors (Lipinski definition) is 6. The van der Waals surface area contributed by atoms with Gasteiger partial charge in [0.1, 0.15) is 0 Å². The Kier molecular flexibility index (Phi) is 4.49. The van der Waals surface area contributed by atoms with Gasteiger partial charge in [0.2, 0.25) is 11.1 Å². The van der Waals surface area contributed by atoms with Crippen molar-refractivity contribution in [1.82, 2.24) is 30.0 Å². The molecular formula is C12H15N7OS. The first kappa shape index (κ1) is 14.9. The highest BCUT2D eigenvalue weighted by Gasteiger charge is 2.15. The number of aromatic nitrogens is 5. The second kappa shape index (κ2) is 6.32. The summed E-state index contributed by atoms with van der Waals surface area (Å²) in [4.78, 5) is 11.5. The number of aryl methyl sites for hydroxylation is 2. The van der Waals surface area contributed by atoms with Crippen molar-refractivity contribution < 1.29 is 4.79 Å². The molecule has 0 aliphatic carbocycles. The molecule has 0 aromatic carbocycles. The van der Waals surface area contributed by atoms with Gasteiger partial charge in [0, 0.05) is 5.69 Å². The number of terminal acetylenes is 1. The molecular weight excluding hydrogens is 290 g/mol. The number of hydrogen-bond donors (Lipinski definition) is 2. The van der Waals surface area contributed by atoms with E-state index in [0.717, 1.165) is 11.4 Å². The van der Waals surface area contributed by atoms with Gasteiger partial charge in [0.15, 0.2) is 0 Å². The molecule has 2 aromatic heterocycles. The number of carbonyl (C=O) groups is 1. The van der Waals surface area contributed by atoms with Crippen molar-refractivity contribution in [2.24, 2.45) is 0 Å². The fourth-order valence-electron chi connectivity index (χ4n) is 1.67. The van der Waals surface area contributed by atoms with Crippen LogP contribution < -0.4 is 11.2 Å². The highest BCUT2D eigenvalue weighted by atomic mass is 32.2. The molecule has 0 atom stereocenters. The quantitative estimate of drug-likeness (QED) is 0.444. The van der Waals surface area contributed by atoms with Gasteiger partial charge >= 0.3 is 0 Å². The second-order valence-corrected chi connectivity index (χ2v) is 5.20. The monoisotopic (exact) mass is 305 g/mol. The maximum atomic E-state index is 11.5. The number of nitrogens with one attached hydrogen (secondary N) is 1. The first-order valence-corrected chi connectivity index (χ1v) is 7.08. The third-order valence-electron chi connectivity index (χ3n) is 2.57. The Bertz CT molecular complexity index is 697. The Hall–Kier alpha value is -2.47. The van der Waals surface area contributed by atoms with E-state index in [-0.39, 0.29) is 18.2 Å². The SMILES string of the molecule is C#CCNC(=O)CSc1nnc(-n2nc(C)cc2C)n1N. The molecule has 1 amide bonds. The van der Waals surface area contributed by atoms with E-state index in [9.17, 15) is 4.79 Å². The smallest absolute Gasteiger partial charge is 0.271 e. The van der Waals surface area contributed by atoms with Gasteiger partial charge in [-0.1, -0.05) is 17.7 Å². The topological polar surface area (TPSA) is 104 Å². The van der Waals surface area contributed by atoms with Gasteiger partial charge in [0.05, 0.1) is 18.0 Å². The number of thioether (sulfide) groups is 1. The minimum atomic E-state index is -0.186. The van der Waals surface area contributed by atoms with Crippen molar-refractivity contribution in [3.05, 3.63) is 17.5 Å². The van der Waals surface area contributed by atoms with E-state index < -0.39 is 0 Å². The number of nitrogen functional groups attached to an aromatic ring is 1. The molecule has 2 heterocycles. The van der Waals surface area contributed by atoms with Gasteiger partial charge in [-0.3, -0.25) is 4.79 Å². The summed E-state index contributed by atoms with van der Waals surface area (Å²) in [6, 6.07) is 1.91. The highest BCUT2D eigenvalue weighted by Crippen LogP contribution is 2.17. The molecule has 0 saturated carbocycles. The van der Waals surface area contributed by atoms with E-state index in [1.807, 2.05) is 19.9 Å². The minimum absolute atomic E-state index is 0.161. The normalized spacial score (nSPS) is 10.3. The van der Waals surface area contributed by atoms with E-state index in [2.05, 4.69) is 26.5 Å². The Morgan fingerprint density at radius 2 is 2.29 bits per heavy atom. The first-order valence-electron chi connectivity index (χ1n) is 6.10. The Labute approximate surface area is 126 Å². The van der Waals surface area contributed by atoms with E-state index in [4.69, 9.17) is 12.3 Å². The minimum Gasteiger partial charge on any atom is -0.344 e. The fraction of sp³-hybridized carbons (Fsp3) is 0.333. The number of rotatable bonds is 5. The fourth-order valence-corrected chi connectivity index (χ4v) is 2.36. The van der Waals surface area contributed by atoms with Crippen LogP contribution in [0.25, 0.3) is 5.95 Å². The van der Waals surface area contributed by atoms with Crippen LogP contribution in [0.4, 0.5) is 0 Å². The molecule has 3 N–H and O–H groups in total. The number of nitrogens with two attached hydrogens (primary N) is 1. The lowest BCUT2D eigenvalue weighted by Gasteiger charge is -2.04. The number of nitrogens with zero attached hydrogens (tertiary/aromatic N) is 5. The molecule has 2 aromatic rings. The summed E-state index contributed by atoms with van der Waals surface area (Å²) < 4.78 is 2.91. The molecule has 21 heavy (non-hydrogen) atoms. The third kappa shape index (κ3) is 3.35. The third-order valence-corrected chi connectivity index (χ3v) is 3.51. The summed E-state index contributed by atoms with van der Waals surface area (Å²) in [7, 11) is 0. The molecule has 2 rings (SSSR count). The zero-order valence-electron chi connectivity index (χ0n) is 11.7. The van der Waals surface area contributed by atoms with Gasteiger partial charge in [-0.2, -0.15) is 5.10 Å². The van der Waals surface area contributed by atoms with Crippen LogP contribution in [0.1, 0.15) is 11.4 Å². The molecule has 0 fully saturated rings. The van der Waals surface area contributed by atoms with E-state index in [1.54, 1.807) is 4.68 Å². The van der Waals surface area contributed by atoms with Crippen molar-refractivity contribution in [2.75, 3.05) is 18.1 Å². The van der Waals surface area contributed by atoms with E-state index in [1.165, 1.54) is 16.4 Å². The summed E-state index contributed by atoms with van der Waals surface area (Å²) in [6.45, 7) is 3.98. The van der Waals surface area contributed by atoms with Crippen molar-refractivity contribution >= 4 is 17.7 Å². The molecule has 0 saturated heterocycles. The van der Waals surface area contributed by atoms with Crippen molar-refractivity contribution in [3.63, 3.8) is 0 Å². The van der Waals surface area contributed by atoms with Crippen LogP contribution in [-0.4, -0.2) is 42.9 Å². The molecule has 0 spiro atoms. The molecule has 0 radical (unpaired) electrons. The van der Waals surface area contributed by atoms with Gasteiger partial charge in [-0.05, 0) is 19.9 Å². The van der Waals surface area contributed by atoms with E-state index in [0.29, 0.717) is 11.1 Å². The van der Waals surface area contributed by atoms with Crippen LogP contribution in [0, 0.1) is 26.2 Å². The number of amides is 1. The van der Waals surface area contributed by atoms with Crippen molar-refractivity contribution in [2.45, 2.75) is 19.0 Å². The largest absolute Gasteiger partial charge is 0.344 e. The summed E-state index contributed by atoms with van der Waals surface area (Å²) in [5.74, 6) is 8.65. The molecule has 9 heteroatoms. The van der Waals surface area contributed by atoms with Crippen molar-refractivity contribution in [3.8, 4) is 18.3 Å². The van der Waals surface area contributed by atoms with E-state index >= 15 is 0 Å². The maximum Gasteiger partial charge on any atom is 0.271 e. The highest BCUT2D eigenvalue weighted by molar-refractivity contribution is 7.99. The Morgan fingerprint density at radius 1 is 1.52 bits per heavy atom. The predicted octanol–water partition coefficient (Wildman–Crippen LogP) is -0.364.